The highest BCUT2D eigenvalue weighted by molar-refractivity contribution is 7.79. The lowest BCUT2D eigenvalue weighted by atomic mass is 9.81. The van der Waals surface area contributed by atoms with Gasteiger partial charge < -0.3 is 9.39 Å². The Hall–Kier alpha value is -1.45. The quantitative estimate of drug-likeness (QED) is 0.577. The van der Waals surface area contributed by atoms with Crippen LogP contribution < -0.4 is 10.2 Å². The van der Waals surface area contributed by atoms with Crippen LogP contribution in [0.15, 0.2) is 36.4 Å². The summed E-state index contributed by atoms with van der Waals surface area (Å²) in [6, 6.07) is 10.1. The third kappa shape index (κ3) is 3.65. The molecule has 0 radical (unpaired) electrons. The van der Waals surface area contributed by atoms with Crippen LogP contribution in [0.3, 0.4) is 0 Å². The molecule has 0 spiro atoms. The van der Waals surface area contributed by atoms with Crippen molar-refractivity contribution in [1.29, 1.82) is 0 Å². The smallest absolute Gasteiger partial charge is 0.356 e. The molecule has 0 aliphatic carbocycles. The molecule has 2 aromatic carbocycles. The summed E-state index contributed by atoms with van der Waals surface area (Å²) >= 11 is 0. The van der Waals surface area contributed by atoms with Gasteiger partial charge in [0.1, 0.15) is 17.4 Å². The van der Waals surface area contributed by atoms with Gasteiger partial charge in [-0.3, -0.25) is 0 Å². The molecule has 0 amide bonds. The molecule has 138 valence electrons. The van der Waals surface area contributed by atoms with E-state index in [4.69, 9.17) is 9.39 Å². The minimum absolute atomic E-state index is 0.0609. The Morgan fingerprint density at radius 1 is 1.04 bits per heavy atom. The number of methoxy groups -OCH3 is 1. The summed E-state index contributed by atoms with van der Waals surface area (Å²) in [4.78, 5) is 0. The Kier molecular flexibility index (Phi) is 5.16. The molecule has 26 heavy (non-hydrogen) atoms. The predicted octanol–water partition coefficient (Wildman–Crippen LogP) is 4.53. The van der Waals surface area contributed by atoms with Gasteiger partial charge in [-0.25, -0.2) is 8.78 Å². The van der Waals surface area contributed by atoms with Gasteiger partial charge in [0, 0.05) is 17.6 Å². The predicted molar refractivity (Wildman–Crippen MR) is 105 cm³/mol. The number of rotatable bonds is 4. The molecule has 1 heterocycles. The Morgan fingerprint density at radius 3 is 2.23 bits per heavy atom. The van der Waals surface area contributed by atoms with Crippen molar-refractivity contribution in [1.82, 2.24) is 0 Å². The van der Waals surface area contributed by atoms with Crippen molar-refractivity contribution >= 4 is 20.6 Å². The molecule has 0 saturated carbocycles. The maximum atomic E-state index is 14.5. The zero-order valence-electron chi connectivity index (χ0n) is 15.8. The van der Waals surface area contributed by atoms with E-state index < -0.39 is 11.6 Å². The van der Waals surface area contributed by atoms with E-state index in [0.717, 1.165) is 17.4 Å². The van der Waals surface area contributed by atoms with Gasteiger partial charge in [0.2, 0.25) is 0 Å². The average Bonchev–Trinajstić information content (AvgIpc) is 2.78. The topological polar surface area (TPSA) is 18.5 Å². The molecule has 1 atom stereocenters. The highest BCUT2D eigenvalue weighted by Gasteiger charge is 2.50. The lowest BCUT2D eigenvalue weighted by molar-refractivity contribution is 0.0932. The fourth-order valence-electron chi connectivity index (χ4n) is 3.03. The molecule has 0 aromatic heterocycles. The van der Waals surface area contributed by atoms with E-state index in [-0.39, 0.29) is 17.4 Å². The van der Waals surface area contributed by atoms with Gasteiger partial charge in [0.25, 0.3) is 0 Å². The molecule has 2 aromatic rings. The summed E-state index contributed by atoms with van der Waals surface area (Å²) in [6.07, 6.45) is 0.395. The monoisotopic (exact) mass is 376 g/mol. The number of halogens is 2. The van der Waals surface area contributed by atoms with Gasteiger partial charge in [-0.15, -0.1) is 8.46 Å². The zero-order chi connectivity index (χ0) is 19.1. The first-order valence-corrected chi connectivity index (χ1v) is 9.77. The molecule has 6 heteroatoms. The van der Waals surface area contributed by atoms with Crippen molar-refractivity contribution in [2.24, 2.45) is 0 Å². The SMILES string of the molecule is COc1ccc(Cc2cc(B3OC(C)(C)C(C)(C)P3)c(F)cc2F)cc1. The van der Waals surface area contributed by atoms with Crippen LogP contribution in [0.4, 0.5) is 8.78 Å². The Bertz CT molecular complexity index is 790. The highest BCUT2D eigenvalue weighted by Crippen LogP contribution is 2.51. The Morgan fingerprint density at radius 2 is 1.69 bits per heavy atom. The standard InChI is InChI=1S/C20H24BF2O2P/c1-19(2)20(3,4)26-21(25-19)16-11-14(17(22)12-18(16)23)10-13-6-8-15(24-5)9-7-13/h6-9,11-12,26H,10H2,1-5H3. The molecule has 1 fully saturated rings. The van der Waals surface area contributed by atoms with Crippen LogP contribution in [0.25, 0.3) is 0 Å². The highest BCUT2D eigenvalue weighted by atomic mass is 31.1. The molecular weight excluding hydrogens is 352 g/mol. The molecular formula is C20H24BF2O2P. The first-order valence-electron chi connectivity index (χ1n) is 8.69. The van der Waals surface area contributed by atoms with E-state index in [1.165, 1.54) is 0 Å². The number of ether oxygens (including phenoxy) is 1. The van der Waals surface area contributed by atoms with Gasteiger partial charge in [-0.1, -0.05) is 32.0 Å². The maximum Gasteiger partial charge on any atom is 0.356 e. The van der Waals surface area contributed by atoms with Crippen molar-refractivity contribution in [3.63, 3.8) is 0 Å². The van der Waals surface area contributed by atoms with Crippen LogP contribution >= 0.6 is 8.46 Å². The van der Waals surface area contributed by atoms with E-state index in [1.807, 2.05) is 38.1 Å². The summed E-state index contributed by atoms with van der Waals surface area (Å²) in [5, 5.41) is -0.0609. The molecule has 3 rings (SSSR count). The van der Waals surface area contributed by atoms with Gasteiger partial charge in [-0.05, 0) is 42.6 Å². The minimum atomic E-state index is -0.535. The van der Waals surface area contributed by atoms with Crippen LogP contribution in [0.2, 0.25) is 0 Å². The summed E-state index contributed by atoms with van der Waals surface area (Å²) in [5.74, 6) is -0.312. The molecule has 1 aliphatic heterocycles. The number of hydrogen-bond donors (Lipinski definition) is 0. The molecule has 0 bridgehead atoms. The molecule has 1 unspecified atom stereocenters. The average molecular weight is 376 g/mol. The second kappa shape index (κ2) is 6.94. The number of benzene rings is 2. The van der Waals surface area contributed by atoms with Crippen LogP contribution in [0.1, 0.15) is 38.8 Å². The van der Waals surface area contributed by atoms with Crippen LogP contribution in [-0.4, -0.2) is 24.5 Å². The van der Waals surface area contributed by atoms with Crippen molar-refractivity contribution in [3.05, 3.63) is 59.2 Å². The molecule has 1 saturated heterocycles. The fourth-order valence-corrected chi connectivity index (χ4v) is 4.82. The van der Waals surface area contributed by atoms with Crippen molar-refractivity contribution < 1.29 is 18.2 Å². The maximum absolute atomic E-state index is 14.5. The van der Waals surface area contributed by atoms with E-state index >= 15 is 0 Å². The van der Waals surface area contributed by atoms with Gasteiger partial charge in [0.05, 0.1) is 12.7 Å². The second-order valence-corrected chi connectivity index (χ2v) is 9.83. The zero-order valence-corrected chi connectivity index (χ0v) is 16.8. The van der Waals surface area contributed by atoms with Crippen LogP contribution in [-0.2, 0) is 11.1 Å². The summed E-state index contributed by atoms with van der Waals surface area (Å²) in [5.41, 5.74) is 1.51. The van der Waals surface area contributed by atoms with E-state index in [1.54, 1.807) is 13.2 Å². The second-order valence-electron chi connectivity index (χ2n) is 7.77. The van der Waals surface area contributed by atoms with Crippen molar-refractivity contribution in [2.45, 2.75) is 44.9 Å². The largest absolute Gasteiger partial charge is 0.497 e. The molecule has 1 aliphatic rings. The van der Waals surface area contributed by atoms with E-state index in [9.17, 15) is 8.78 Å². The summed E-state index contributed by atoms with van der Waals surface area (Å²) < 4.78 is 40.1. The third-order valence-corrected chi connectivity index (χ3v) is 7.43. The van der Waals surface area contributed by atoms with Gasteiger partial charge >= 0.3 is 6.64 Å². The summed E-state index contributed by atoms with van der Waals surface area (Å²) in [6.45, 7) is 7.98. The summed E-state index contributed by atoms with van der Waals surface area (Å²) in [7, 11) is 2.01. The van der Waals surface area contributed by atoms with E-state index in [2.05, 4.69) is 13.8 Å². The fraction of sp³-hybridized carbons (Fsp3) is 0.400. The van der Waals surface area contributed by atoms with Crippen LogP contribution in [0, 0.1) is 11.6 Å². The van der Waals surface area contributed by atoms with Crippen molar-refractivity contribution in [3.8, 4) is 5.75 Å². The Labute approximate surface area is 156 Å². The lowest BCUT2D eigenvalue weighted by Gasteiger charge is -2.33. The number of hydrogen-bond acceptors (Lipinski definition) is 2. The molecule has 0 N–H and O–H groups in total. The van der Waals surface area contributed by atoms with Gasteiger partial charge in [0.15, 0.2) is 0 Å². The first kappa shape index (κ1) is 19.3. The first-order chi connectivity index (χ1) is 12.1. The third-order valence-electron chi connectivity index (χ3n) is 5.41. The lowest BCUT2D eigenvalue weighted by Crippen LogP contribution is -2.40. The Balaban J connectivity index is 1.90. The van der Waals surface area contributed by atoms with Crippen LogP contribution in [0.5, 0.6) is 5.75 Å². The molecule has 2 nitrogen and oxygen atoms in total. The van der Waals surface area contributed by atoms with Crippen molar-refractivity contribution in [2.75, 3.05) is 7.11 Å². The van der Waals surface area contributed by atoms with Gasteiger partial charge in [-0.2, -0.15) is 0 Å². The normalized spacial score (nSPS) is 19.1. The van der Waals surface area contributed by atoms with E-state index in [0.29, 0.717) is 25.9 Å². The minimum Gasteiger partial charge on any atom is -0.497 e.